The van der Waals surface area contributed by atoms with E-state index in [1.165, 1.54) is 180 Å². The van der Waals surface area contributed by atoms with Crippen molar-refractivity contribution >= 4 is 13.7 Å². The summed E-state index contributed by atoms with van der Waals surface area (Å²) in [6.07, 6.45) is 45.8. The number of phosphoric ester groups is 1. The minimum Gasteiger partial charge on any atom is -0.387 e. The molecule has 3 N–H and O–H groups in total. The summed E-state index contributed by atoms with van der Waals surface area (Å²) in [4.78, 5) is 22.5. The molecule has 0 aromatic carbocycles. The van der Waals surface area contributed by atoms with Gasteiger partial charge >= 0.3 is 7.82 Å². The van der Waals surface area contributed by atoms with Gasteiger partial charge in [-0.25, -0.2) is 4.57 Å². The molecule has 55 heavy (non-hydrogen) atoms. The maximum absolute atomic E-state index is 12.4. The lowest BCUT2D eigenvalue weighted by Gasteiger charge is -2.25. The predicted octanol–water partition coefficient (Wildman–Crippen LogP) is 13.1. The van der Waals surface area contributed by atoms with E-state index in [4.69, 9.17) is 9.05 Å². The molecular weight excluding hydrogens is 707 g/mol. The Morgan fingerprint density at radius 1 is 0.600 bits per heavy atom. The van der Waals surface area contributed by atoms with Crippen molar-refractivity contribution in [3.05, 3.63) is 12.2 Å². The second kappa shape index (κ2) is 38.7. The molecule has 328 valence electrons. The molecule has 0 heterocycles. The van der Waals surface area contributed by atoms with E-state index in [-0.39, 0.29) is 19.1 Å². The Morgan fingerprint density at radius 2 is 0.964 bits per heavy atom. The summed E-state index contributed by atoms with van der Waals surface area (Å²) >= 11 is 0. The van der Waals surface area contributed by atoms with Gasteiger partial charge in [-0.15, -0.1) is 0 Å². The van der Waals surface area contributed by atoms with Crippen molar-refractivity contribution in [2.24, 2.45) is 0 Å². The first-order valence-corrected chi connectivity index (χ1v) is 25.1. The van der Waals surface area contributed by atoms with Crippen LogP contribution in [0.5, 0.6) is 0 Å². The van der Waals surface area contributed by atoms with Gasteiger partial charge in [-0.2, -0.15) is 0 Å². The summed E-state index contributed by atoms with van der Waals surface area (Å²) in [5.74, 6) is -0.211. The molecule has 0 saturated heterocycles. The van der Waals surface area contributed by atoms with Crippen molar-refractivity contribution in [3.63, 3.8) is 0 Å². The first kappa shape index (κ1) is 54.2. The highest BCUT2D eigenvalue weighted by atomic mass is 31.2. The number of carbonyl (C=O) groups excluding carboxylic acids is 1. The molecule has 0 aliphatic heterocycles. The van der Waals surface area contributed by atoms with Crippen molar-refractivity contribution in [2.45, 2.75) is 238 Å². The van der Waals surface area contributed by atoms with Crippen LogP contribution in [0, 0.1) is 0 Å². The summed E-state index contributed by atoms with van der Waals surface area (Å²) in [6, 6.07) is -0.836. The van der Waals surface area contributed by atoms with Crippen LogP contribution in [-0.4, -0.2) is 73.4 Å². The van der Waals surface area contributed by atoms with Gasteiger partial charge in [-0.3, -0.25) is 13.8 Å². The van der Waals surface area contributed by atoms with E-state index in [9.17, 15) is 19.4 Å². The fourth-order valence-electron chi connectivity index (χ4n) is 6.96. The summed E-state index contributed by atoms with van der Waals surface area (Å²) in [7, 11) is 1.57. The quantitative estimate of drug-likeness (QED) is 0.0245. The number of quaternary nitrogens is 1. The fourth-order valence-corrected chi connectivity index (χ4v) is 7.70. The van der Waals surface area contributed by atoms with Crippen LogP contribution in [0.15, 0.2) is 12.2 Å². The standard InChI is InChI=1S/C46H93N2O6P/c1-6-8-10-11-12-13-14-15-16-17-18-19-20-21-22-23-24-25-26-27-28-29-30-31-32-33-34-35-36-37-38-39-45(49)44(47-46(50)40-9-7-2)43-54-55(51,52)53-42-41-48(3,4)5/h38-39,44-45,49H,6-37,40-43H2,1-5H3,(H-,47,50,51,52)/p+1/b39-38+. The molecule has 0 saturated carbocycles. The largest absolute Gasteiger partial charge is 0.472 e. The van der Waals surface area contributed by atoms with Crippen LogP contribution in [0.25, 0.3) is 0 Å². The van der Waals surface area contributed by atoms with Crippen LogP contribution >= 0.6 is 7.82 Å². The Labute approximate surface area is 342 Å². The molecule has 0 bridgehead atoms. The number of carbonyl (C=O) groups is 1. The number of likely N-dealkylation sites (N-methyl/N-ethyl adjacent to an activating group) is 1. The zero-order valence-corrected chi connectivity index (χ0v) is 38.1. The van der Waals surface area contributed by atoms with Gasteiger partial charge in [0.2, 0.25) is 5.91 Å². The molecule has 0 aromatic heterocycles. The number of rotatable bonds is 43. The lowest BCUT2D eigenvalue weighted by Crippen LogP contribution is -2.45. The highest BCUT2D eigenvalue weighted by Crippen LogP contribution is 2.43. The Hall–Kier alpha value is -0.760. The van der Waals surface area contributed by atoms with E-state index in [0.717, 1.165) is 25.7 Å². The van der Waals surface area contributed by atoms with Crippen LogP contribution in [0.1, 0.15) is 226 Å². The second-order valence-electron chi connectivity index (χ2n) is 17.5. The molecule has 0 aliphatic rings. The number of nitrogens with zero attached hydrogens (tertiary/aromatic N) is 1. The lowest BCUT2D eigenvalue weighted by molar-refractivity contribution is -0.870. The van der Waals surface area contributed by atoms with Gasteiger partial charge in [-0.05, 0) is 19.3 Å². The number of aliphatic hydroxyl groups excluding tert-OH is 1. The number of nitrogens with one attached hydrogen (secondary N) is 1. The number of unbranched alkanes of at least 4 members (excludes halogenated alkanes) is 30. The van der Waals surface area contributed by atoms with Crippen LogP contribution in [0.3, 0.4) is 0 Å². The molecule has 0 spiro atoms. The molecule has 0 aromatic rings. The third kappa shape index (κ3) is 41.2. The van der Waals surface area contributed by atoms with Gasteiger partial charge in [0, 0.05) is 6.42 Å². The average Bonchev–Trinajstić information content (AvgIpc) is 3.14. The summed E-state index contributed by atoms with van der Waals surface area (Å²) in [5.41, 5.74) is 0. The zero-order chi connectivity index (χ0) is 40.7. The number of allylic oxidation sites excluding steroid dienone is 1. The van der Waals surface area contributed by atoms with E-state index in [0.29, 0.717) is 17.4 Å². The molecular formula is C46H94N2O6P+. The summed E-state index contributed by atoms with van der Waals surface area (Å²) in [5, 5.41) is 13.5. The number of hydrogen-bond donors (Lipinski definition) is 3. The van der Waals surface area contributed by atoms with Crippen molar-refractivity contribution in [1.29, 1.82) is 0 Å². The molecule has 0 radical (unpaired) electrons. The second-order valence-corrected chi connectivity index (χ2v) is 18.9. The average molecular weight is 802 g/mol. The maximum Gasteiger partial charge on any atom is 0.472 e. The Morgan fingerprint density at radius 3 is 1.33 bits per heavy atom. The molecule has 3 atom stereocenters. The molecule has 9 heteroatoms. The highest BCUT2D eigenvalue weighted by Gasteiger charge is 2.27. The monoisotopic (exact) mass is 802 g/mol. The fraction of sp³-hybridized carbons (Fsp3) is 0.935. The van der Waals surface area contributed by atoms with Crippen molar-refractivity contribution in [3.8, 4) is 0 Å². The third-order valence-electron chi connectivity index (χ3n) is 10.8. The Balaban J connectivity index is 3.74. The maximum atomic E-state index is 12.4. The van der Waals surface area contributed by atoms with E-state index >= 15 is 0 Å². The van der Waals surface area contributed by atoms with Gasteiger partial charge in [0.1, 0.15) is 13.2 Å². The zero-order valence-electron chi connectivity index (χ0n) is 37.2. The van der Waals surface area contributed by atoms with Gasteiger partial charge in [0.25, 0.3) is 0 Å². The van der Waals surface area contributed by atoms with Gasteiger partial charge in [0.05, 0.1) is 39.9 Å². The van der Waals surface area contributed by atoms with E-state index in [1.807, 2.05) is 34.1 Å². The SMILES string of the molecule is CCCCCCCCCCCCCCCCCCCCCCCCCCCCCCC/C=C/C(O)C(COP(=O)(O)OCC[N+](C)(C)C)NC(=O)CCCC. The van der Waals surface area contributed by atoms with E-state index in [2.05, 4.69) is 12.2 Å². The normalized spacial score (nSPS) is 14.4. The molecule has 8 nitrogen and oxygen atoms in total. The van der Waals surface area contributed by atoms with E-state index in [1.54, 1.807) is 6.08 Å². The lowest BCUT2D eigenvalue weighted by atomic mass is 10.0. The van der Waals surface area contributed by atoms with E-state index < -0.39 is 20.0 Å². The molecule has 1 amide bonds. The predicted molar refractivity (Wildman–Crippen MR) is 235 cm³/mol. The number of aliphatic hydroxyl groups is 1. The Bertz CT molecular complexity index is 911. The molecule has 0 rings (SSSR count). The Kier molecular flexibility index (Phi) is 38.2. The van der Waals surface area contributed by atoms with Gasteiger partial charge in [0.15, 0.2) is 0 Å². The third-order valence-corrected chi connectivity index (χ3v) is 11.7. The minimum atomic E-state index is -4.31. The first-order chi connectivity index (χ1) is 26.5. The van der Waals surface area contributed by atoms with Crippen molar-refractivity contribution < 1.29 is 32.9 Å². The number of phosphoric acid groups is 1. The van der Waals surface area contributed by atoms with Crippen LogP contribution < -0.4 is 5.32 Å². The summed E-state index contributed by atoms with van der Waals surface area (Å²) < 4.78 is 23.2. The molecule has 3 unspecified atom stereocenters. The highest BCUT2D eigenvalue weighted by molar-refractivity contribution is 7.47. The van der Waals surface area contributed by atoms with Gasteiger partial charge < -0.3 is 19.8 Å². The summed E-state index contributed by atoms with van der Waals surface area (Å²) in [6.45, 7) is 4.58. The number of amides is 1. The molecule has 0 aliphatic carbocycles. The number of hydrogen-bond acceptors (Lipinski definition) is 5. The molecule has 0 fully saturated rings. The van der Waals surface area contributed by atoms with Gasteiger partial charge in [-0.1, -0.05) is 212 Å². The van der Waals surface area contributed by atoms with Crippen LogP contribution in [0.4, 0.5) is 0 Å². The first-order valence-electron chi connectivity index (χ1n) is 23.6. The van der Waals surface area contributed by atoms with Crippen LogP contribution in [-0.2, 0) is 18.4 Å². The van der Waals surface area contributed by atoms with Crippen molar-refractivity contribution in [2.75, 3.05) is 40.9 Å². The topological polar surface area (TPSA) is 105 Å². The van der Waals surface area contributed by atoms with Crippen LogP contribution in [0.2, 0.25) is 0 Å². The smallest absolute Gasteiger partial charge is 0.387 e. The van der Waals surface area contributed by atoms with Crippen molar-refractivity contribution in [1.82, 2.24) is 5.32 Å². The minimum absolute atomic E-state index is 0.0624.